The fourth-order valence-corrected chi connectivity index (χ4v) is 2.09. The van der Waals surface area contributed by atoms with E-state index in [1.165, 1.54) is 0 Å². The largest absolute Gasteiger partial charge is 0.384 e. The molecule has 1 aromatic rings. The Bertz CT molecular complexity index is 517. The molecular formula is C14H18N4O. The van der Waals surface area contributed by atoms with Gasteiger partial charge < -0.3 is 10.6 Å². The number of nitrogens with two attached hydrogens (primary N) is 1. The van der Waals surface area contributed by atoms with Gasteiger partial charge in [0.05, 0.1) is 12.5 Å². The van der Waals surface area contributed by atoms with Crippen LogP contribution in [0.4, 0.5) is 5.82 Å². The van der Waals surface area contributed by atoms with Crippen molar-refractivity contribution in [2.75, 3.05) is 12.3 Å². The van der Waals surface area contributed by atoms with Gasteiger partial charge in [-0.25, -0.2) is 4.98 Å². The number of nitrogens with zero attached hydrogens (tertiary/aromatic N) is 3. The lowest BCUT2D eigenvalue weighted by molar-refractivity contribution is 0.0746. The number of anilines is 1. The minimum atomic E-state index is -0.0402. The van der Waals surface area contributed by atoms with Crippen LogP contribution in [0.2, 0.25) is 0 Å². The number of aryl methyl sites for hydroxylation is 1. The van der Waals surface area contributed by atoms with Gasteiger partial charge in [0.15, 0.2) is 0 Å². The highest BCUT2D eigenvalue weighted by Crippen LogP contribution is 2.28. The van der Waals surface area contributed by atoms with Crippen molar-refractivity contribution in [3.8, 4) is 6.07 Å². The third-order valence-electron chi connectivity index (χ3n) is 3.22. The number of amides is 1. The molecule has 0 atom stereocenters. The topological polar surface area (TPSA) is 83.0 Å². The van der Waals surface area contributed by atoms with Gasteiger partial charge in [0.2, 0.25) is 0 Å². The van der Waals surface area contributed by atoms with Crippen LogP contribution in [0.5, 0.6) is 0 Å². The maximum atomic E-state index is 12.5. The molecule has 0 radical (unpaired) electrons. The maximum Gasteiger partial charge on any atom is 0.254 e. The van der Waals surface area contributed by atoms with Crippen molar-refractivity contribution in [2.45, 2.75) is 38.6 Å². The molecule has 2 rings (SSSR count). The molecule has 19 heavy (non-hydrogen) atoms. The molecule has 1 saturated carbocycles. The molecule has 5 nitrogen and oxygen atoms in total. The van der Waals surface area contributed by atoms with Crippen LogP contribution < -0.4 is 5.73 Å². The van der Waals surface area contributed by atoms with Gasteiger partial charge >= 0.3 is 0 Å². The van der Waals surface area contributed by atoms with E-state index < -0.39 is 0 Å². The van der Waals surface area contributed by atoms with Crippen molar-refractivity contribution < 1.29 is 4.79 Å². The molecule has 0 spiro atoms. The summed E-state index contributed by atoms with van der Waals surface area (Å²) in [6.45, 7) is 2.47. The van der Waals surface area contributed by atoms with Gasteiger partial charge in [-0.15, -0.1) is 0 Å². The first-order chi connectivity index (χ1) is 9.15. The lowest BCUT2D eigenvalue weighted by Gasteiger charge is -2.21. The number of pyridine rings is 1. The molecule has 1 fully saturated rings. The molecule has 0 bridgehead atoms. The van der Waals surface area contributed by atoms with Crippen molar-refractivity contribution in [3.05, 3.63) is 23.4 Å². The summed E-state index contributed by atoms with van der Waals surface area (Å²) in [4.78, 5) is 18.4. The van der Waals surface area contributed by atoms with Crippen molar-refractivity contribution in [1.82, 2.24) is 9.88 Å². The summed E-state index contributed by atoms with van der Waals surface area (Å²) in [5.41, 5.74) is 7.13. The molecule has 5 heteroatoms. The Balaban J connectivity index is 2.21. The summed E-state index contributed by atoms with van der Waals surface area (Å²) in [5.74, 6) is 0.334. The molecule has 0 aromatic carbocycles. The Labute approximate surface area is 113 Å². The molecule has 0 saturated heterocycles. The number of aromatic nitrogens is 1. The van der Waals surface area contributed by atoms with Crippen LogP contribution >= 0.6 is 0 Å². The molecule has 1 heterocycles. The van der Waals surface area contributed by atoms with E-state index in [0.29, 0.717) is 30.4 Å². The van der Waals surface area contributed by atoms with Crippen molar-refractivity contribution in [1.29, 1.82) is 5.26 Å². The summed E-state index contributed by atoms with van der Waals surface area (Å²) in [6.07, 6.45) is 3.16. The van der Waals surface area contributed by atoms with E-state index in [0.717, 1.165) is 25.0 Å². The number of rotatable bonds is 5. The van der Waals surface area contributed by atoms with E-state index >= 15 is 0 Å². The predicted octanol–water partition coefficient (Wildman–Crippen LogP) is 1.74. The van der Waals surface area contributed by atoms with E-state index in [1.807, 2.05) is 6.92 Å². The lowest BCUT2D eigenvalue weighted by Crippen LogP contribution is -2.34. The first-order valence-electron chi connectivity index (χ1n) is 6.60. The van der Waals surface area contributed by atoms with Gasteiger partial charge in [-0.05, 0) is 31.4 Å². The van der Waals surface area contributed by atoms with Gasteiger partial charge in [0.25, 0.3) is 5.91 Å². The molecule has 1 aliphatic carbocycles. The Hall–Kier alpha value is -2.09. The fourth-order valence-electron chi connectivity index (χ4n) is 2.09. The number of hydrogen-bond donors (Lipinski definition) is 1. The zero-order valence-electron chi connectivity index (χ0n) is 11.1. The average molecular weight is 258 g/mol. The van der Waals surface area contributed by atoms with Crippen LogP contribution in [0, 0.1) is 11.3 Å². The first kappa shape index (κ1) is 13.3. The number of carbonyl (C=O) groups is 1. The van der Waals surface area contributed by atoms with E-state index in [4.69, 9.17) is 11.0 Å². The van der Waals surface area contributed by atoms with E-state index in [9.17, 15) is 4.79 Å². The van der Waals surface area contributed by atoms with Crippen molar-refractivity contribution >= 4 is 11.7 Å². The van der Waals surface area contributed by atoms with E-state index in [-0.39, 0.29) is 5.91 Å². The van der Waals surface area contributed by atoms with Gasteiger partial charge in [-0.3, -0.25) is 4.79 Å². The van der Waals surface area contributed by atoms with Gasteiger partial charge in [0, 0.05) is 23.8 Å². The number of nitriles is 1. The molecular weight excluding hydrogens is 240 g/mol. The second-order valence-corrected chi connectivity index (χ2v) is 4.76. The van der Waals surface area contributed by atoms with Crippen LogP contribution in [0.3, 0.4) is 0 Å². The zero-order chi connectivity index (χ0) is 13.8. The molecule has 1 amide bonds. The standard InChI is InChI=1S/C14H18N4O/c1-2-11-8-10(9-13(16)17-11)14(19)18(7-3-6-15)12-4-5-12/h8-9,12H,2-5,7H2,1H3,(H2,16,17). The molecule has 0 aliphatic heterocycles. The highest BCUT2D eigenvalue weighted by atomic mass is 16.2. The summed E-state index contributed by atoms with van der Waals surface area (Å²) >= 11 is 0. The number of nitrogen functional groups attached to an aromatic ring is 1. The minimum Gasteiger partial charge on any atom is -0.384 e. The van der Waals surface area contributed by atoms with Crippen LogP contribution in [0.1, 0.15) is 42.2 Å². The molecule has 100 valence electrons. The summed E-state index contributed by atoms with van der Waals surface area (Å²) in [6, 6.07) is 5.79. The highest BCUT2D eigenvalue weighted by molar-refractivity contribution is 5.95. The van der Waals surface area contributed by atoms with Crippen LogP contribution in [-0.2, 0) is 6.42 Å². The second kappa shape index (κ2) is 5.70. The Morgan fingerprint density at radius 1 is 1.58 bits per heavy atom. The van der Waals surface area contributed by atoms with Crippen LogP contribution in [0.25, 0.3) is 0 Å². The van der Waals surface area contributed by atoms with E-state index in [2.05, 4.69) is 11.1 Å². The Morgan fingerprint density at radius 3 is 2.89 bits per heavy atom. The lowest BCUT2D eigenvalue weighted by atomic mass is 10.1. The Morgan fingerprint density at radius 2 is 2.32 bits per heavy atom. The average Bonchev–Trinajstić information content (AvgIpc) is 3.22. The fraction of sp³-hybridized carbons (Fsp3) is 0.500. The van der Waals surface area contributed by atoms with Gasteiger partial charge in [0.1, 0.15) is 5.82 Å². The van der Waals surface area contributed by atoms with Crippen molar-refractivity contribution in [2.24, 2.45) is 0 Å². The number of carbonyl (C=O) groups excluding carboxylic acids is 1. The molecule has 1 aliphatic rings. The SMILES string of the molecule is CCc1cc(C(=O)N(CCC#N)C2CC2)cc(N)n1. The van der Waals surface area contributed by atoms with E-state index in [1.54, 1.807) is 17.0 Å². The summed E-state index contributed by atoms with van der Waals surface area (Å²) < 4.78 is 0. The third kappa shape index (κ3) is 3.22. The summed E-state index contributed by atoms with van der Waals surface area (Å²) in [5, 5.41) is 8.68. The highest BCUT2D eigenvalue weighted by Gasteiger charge is 2.32. The van der Waals surface area contributed by atoms with Crippen LogP contribution in [-0.4, -0.2) is 28.4 Å². The molecule has 0 unspecified atom stereocenters. The Kier molecular flexibility index (Phi) is 4.00. The predicted molar refractivity (Wildman–Crippen MR) is 72.3 cm³/mol. The minimum absolute atomic E-state index is 0.0402. The smallest absolute Gasteiger partial charge is 0.254 e. The zero-order valence-corrected chi connectivity index (χ0v) is 11.1. The van der Waals surface area contributed by atoms with Crippen molar-refractivity contribution in [3.63, 3.8) is 0 Å². The normalized spacial score (nSPS) is 13.9. The monoisotopic (exact) mass is 258 g/mol. The maximum absolute atomic E-state index is 12.5. The quantitative estimate of drug-likeness (QED) is 0.872. The number of hydrogen-bond acceptors (Lipinski definition) is 4. The third-order valence-corrected chi connectivity index (χ3v) is 3.22. The van der Waals surface area contributed by atoms with Crippen LogP contribution in [0.15, 0.2) is 12.1 Å². The van der Waals surface area contributed by atoms with Gasteiger partial charge in [-0.1, -0.05) is 6.92 Å². The second-order valence-electron chi connectivity index (χ2n) is 4.76. The molecule has 1 aromatic heterocycles. The first-order valence-corrected chi connectivity index (χ1v) is 6.60. The molecule has 2 N–H and O–H groups in total. The summed E-state index contributed by atoms with van der Waals surface area (Å²) in [7, 11) is 0. The van der Waals surface area contributed by atoms with Gasteiger partial charge in [-0.2, -0.15) is 5.26 Å².